The Morgan fingerprint density at radius 2 is 1.23 bits per heavy atom. The zero-order chi connectivity index (χ0) is 34.3. The minimum Gasteiger partial charge on any atom is -0.512 e. The molecule has 0 bridgehead atoms. The van der Waals surface area contributed by atoms with E-state index in [0.717, 1.165) is 11.3 Å². The van der Waals surface area contributed by atoms with Gasteiger partial charge in [-0.1, -0.05) is 130 Å². The van der Waals surface area contributed by atoms with E-state index in [1.807, 2.05) is 47.7 Å². The molecule has 0 aliphatic heterocycles. The van der Waals surface area contributed by atoms with Crippen LogP contribution in [0.15, 0.2) is 96.9 Å². The molecule has 1 aromatic heterocycles. The third-order valence-corrected chi connectivity index (χ3v) is 8.90. The Labute approximate surface area is 299 Å². The number of aliphatic hydroxyl groups is 1. The van der Waals surface area contributed by atoms with Gasteiger partial charge < -0.3 is 10.1 Å². The Kier molecular flexibility index (Phi) is 11.0. The minimum atomic E-state index is -0.417. The number of hydrogen-bond donors (Lipinski definition) is 1. The molecule has 0 aliphatic carbocycles. The van der Waals surface area contributed by atoms with Crippen LogP contribution in [0, 0.1) is 16.9 Å². The van der Waals surface area contributed by atoms with E-state index in [2.05, 4.69) is 113 Å². The third kappa shape index (κ3) is 7.72. The van der Waals surface area contributed by atoms with Gasteiger partial charge in [0.25, 0.3) is 0 Å². The average molecular weight is 815 g/mol. The molecule has 1 N–H and O–H groups in total. The van der Waals surface area contributed by atoms with Crippen molar-refractivity contribution < 1.29 is 30.0 Å². The van der Waals surface area contributed by atoms with Gasteiger partial charge in [-0.15, -0.1) is 34.9 Å². The number of fused-ring (bicyclic) bond motifs is 7. The Bertz CT molecular complexity index is 2120. The van der Waals surface area contributed by atoms with Crippen molar-refractivity contribution in [1.82, 2.24) is 4.98 Å². The van der Waals surface area contributed by atoms with Gasteiger partial charge in [-0.3, -0.25) is 4.79 Å². The quantitative estimate of drug-likeness (QED) is 0.0835. The SMILES string of the molecule is CC(C)(C)C(=O)/C=C(\O)C(C)(C)C.CC(C)c1[c-]c(-c2nccc3c2ccc2c3ccc3c4ccccc4ccc32)cc(C(C)C)c1.[Ir]. The van der Waals surface area contributed by atoms with Gasteiger partial charge in [-0.25, -0.2) is 0 Å². The molecule has 251 valence electrons. The van der Waals surface area contributed by atoms with Crippen molar-refractivity contribution in [2.75, 3.05) is 0 Å². The number of aromatic nitrogens is 1. The van der Waals surface area contributed by atoms with Crippen LogP contribution in [0.1, 0.15) is 92.2 Å². The van der Waals surface area contributed by atoms with Gasteiger partial charge in [0.1, 0.15) is 5.76 Å². The van der Waals surface area contributed by atoms with E-state index in [4.69, 9.17) is 4.98 Å². The standard InChI is InChI=1S/C33H28N.C11H20O2.Ir/c1-20(2)23-17-24(21(3)4)19-25(18-23)33-32-14-13-29-28-10-9-22-7-5-6-8-26(22)27(28)11-12-30(29)31(32)15-16-34-33;1-10(2,3)8(12)7-9(13)11(4,5)6;/h5-18,20-21H,1-4H3;7,12H,1-6H3;/q-1;;/b;8-7-;. The predicted molar refractivity (Wildman–Crippen MR) is 201 cm³/mol. The summed E-state index contributed by atoms with van der Waals surface area (Å²) in [5, 5.41) is 19.7. The molecule has 1 radical (unpaired) electrons. The van der Waals surface area contributed by atoms with Crippen LogP contribution in [0.5, 0.6) is 0 Å². The summed E-state index contributed by atoms with van der Waals surface area (Å²) < 4.78 is 0. The van der Waals surface area contributed by atoms with E-state index >= 15 is 0 Å². The number of pyridine rings is 1. The molecule has 48 heavy (non-hydrogen) atoms. The second-order valence-corrected chi connectivity index (χ2v) is 15.3. The van der Waals surface area contributed by atoms with Crippen molar-refractivity contribution in [1.29, 1.82) is 0 Å². The van der Waals surface area contributed by atoms with Crippen LogP contribution in [0.2, 0.25) is 0 Å². The molecule has 0 saturated carbocycles. The summed E-state index contributed by atoms with van der Waals surface area (Å²) in [6.45, 7) is 20.1. The molecule has 0 atom stereocenters. The molecule has 4 heteroatoms. The first-order valence-corrected chi connectivity index (χ1v) is 16.7. The van der Waals surface area contributed by atoms with E-state index in [1.165, 1.54) is 60.3 Å². The Morgan fingerprint density at radius 1 is 0.688 bits per heavy atom. The van der Waals surface area contributed by atoms with Crippen LogP contribution in [-0.2, 0) is 24.9 Å². The summed E-state index contributed by atoms with van der Waals surface area (Å²) in [4.78, 5) is 16.3. The molecule has 0 aliphatic rings. The summed E-state index contributed by atoms with van der Waals surface area (Å²) in [6.07, 6.45) is 3.28. The number of ketones is 1. The third-order valence-electron chi connectivity index (χ3n) is 8.90. The second-order valence-electron chi connectivity index (χ2n) is 15.3. The molecule has 0 unspecified atom stereocenters. The number of rotatable bonds is 4. The first-order valence-electron chi connectivity index (χ1n) is 16.7. The van der Waals surface area contributed by atoms with E-state index < -0.39 is 5.41 Å². The molecule has 0 saturated heterocycles. The van der Waals surface area contributed by atoms with Gasteiger partial charge in [-0.05, 0) is 66.7 Å². The molecule has 1 heterocycles. The normalized spacial score (nSPS) is 12.5. The molecule has 6 rings (SSSR count). The summed E-state index contributed by atoms with van der Waals surface area (Å²) >= 11 is 0. The molecule has 0 spiro atoms. The van der Waals surface area contributed by atoms with Crippen molar-refractivity contribution in [3.63, 3.8) is 0 Å². The smallest absolute Gasteiger partial charge is 0.164 e. The van der Waals surface area contributed by atoms with E-state index in [1.54, 1.807) is 0 Å². The van der Waals surface area contributed by atoms with Gasteiger partial charge in [0.05, 0.1) is 0 Å². The number of carbonyl (C=O) groups excluding carboxylic acids is 1. The van der Waals surface area contributed by atoms with Crippen molar-refractivity contribution in [3.05, 3.63) is 114 Å². The van der Waals surface area contributed by atoms with E-state index in [9.17, 15) is 9.90 Å². The van der Waals surface area contributed by atoms with E-state index in [0.29, 0.717) is 11.8 Å². The zero-order valence-corrected chi connectivity index (χ0v) is 32.3. The maximum absolute atomic E-state index is 11.5. The van der Waals surface area contributed by atoms with Crippen molar-refractivity contribution in [2.24, 2.45) is 10.8 Å². The molecule has 0 amide bonds. The first kappa shape index (κ1) is 37.0. The topological polar surface area (TPSA) is 50.2 Å². The maximum atomic E-state index is 11.5. The largest absolute Gasteiger partial charge is 0.512 e. The van der Waals surface area contributed by atoms with Crippen molar-refractivity contribution in [3.8, 4) is 11.3 Å². The zero-order valence-electron chi connectivity index (χ0n) is 30.0. The van der Waals surface area contributed by atoms with Crippen molar-refractivity contribution in [2.45, 2.75) is 81.1 Å². The van der Waals surface area contributed by atoms with Crippen LogP contribution >= 0.6 is 0 Å². The molecule has 6 aromatic rings. The van der Waals surface area contributed by atoms with Gasteiger partial charge >= 0.3 is 0 Å². The Hall–Kier alpha value is -3.85. The Morgan fingerprint density at radius 3 is 1.79 bits per heavy atom. The molecule has 3 nitrogen and oxygen atoms in total. The van der Waals surface area contributed by atoms with Gasteiger partial charge in [0, 0.05) is 43.2 Å². The summed E-state index contributed by atoms with van der Waals surface area (Å²) in [6, 6.07) is 32.6. The minimum absolute atomic E-state index is 0. The Balaban J connectivity index is 0.000000319. The van der Waals surface area contributed by atoms with Crippen LogP contribution in [0.25, 0.3) is 54.3 Å². The predicted octanol–water partition coefficient (Wildman–Crippen LogP) is 12.5. The summed E-state index contributed by atoms with van der Waals surface area (Å²) in [5.41, 5.74) is 3.93. The molecular formula is C44H48IrNO2-. The molecular weight excluding hydrogens is 767 g/mol. The fourth-order valence-corrected chi connectivity index (χ4v) is 5.73. The van der Waals surface area contributed by atoms with Crippen LogP contribution < -0.4 is 0 Å². The van der Waals surface area contributed by atoms with Crippen LogP contribution in [0.4, 0.5) is 0 Å². The van der Waals surface area contributed by atoms with Crippen molar-refractivity contribution >= 4 is 48.9 Å². The fraction of sp³-hybridized carbons (Fsp3) is 0.318. The first-order chi connectivity index (χ1) is 22.1. The van der Waals surface area contributed by atoms with Crippen LogP contribution in [-0.4, -0.2) is 15.9 Å². The monoisotopic (exact) mass is 815 g/mol. The fourth-order valence-electron chi connectivity index (χ4n) is 5.73. The van der Waals surface area contributed by atoms with Gasteiger partial charge in [-0.2, -0.15) is 0 Å². The summed E-state index contributed by atoms with van der Waals surface area (Å²) in [5.74, 6) is 0.990. The molecule has 0 fully saturated rings. The van der Waals surface area contributed by atoms with Crippen LogP contribution in [0.3, 0.4) is 0 Å². The average Bonchev–Trinajstić information content (AvgIpc) is 3.03. The molecule has 5 aromatic carbocycles. The number of aliphatic hydroxyl groups excluding tert-OH is 1. The second kappa shape index (κ2) is 14.3. The number of carbonyl (C=O) groups is 1. The number of benzene rings is 5. The maximum Gasteiger partial charge on any atom is 0.164 e. The number of allylic oxidation sites excluding steroid dienone is 2. The van der Waals surface area contributed by atoms with Gasteiger partial charge in [0.2, 0.25) is 0 Å². The summed E-state index contributed by atoms with van der Waals surface area (Å²) in [7, 11) is 0. The number of hydrogen-bond acceptors (Lipinski definition) is 3. The number of nitrogens with zero attached hydrogens (tertiary/aromatic N) is 1. The van der Waals surface area contributed by atoms with E-state index in [-0.39, 0.29) is 37.1 Å². The van der Waals surface area contributed by atoms with Gasteiger partial charge in [0.15, 0.2) is 5.78 Å².